The van der Waals surface area contributed by atoms with Crippen LogP contribution < -0.4 is 10.1 Å². The Morgan fingerprint density at radius 2 is 1.96 bits per heavy atom. The Morgan fingerprint density at radius 1 is 1.22 bits per heavy atom. The highest BCUT2D eigenvalue weighted by Gasteiger charge is 2.21. The summed E-state index contributed by atoms with van der Waals surface area (Å²) >= 11 is 0. The number of rotatable bonds is 7. The zero-order valence-electron chi connectivity index (χ0n) is 13.1. The van der Waals surface area contributed by atoms with Crippen LogP contribution in [0.1, 0.15) is 35.5 Å². The second-order valence-electron chi connectivity index (χ2n) is 4.79. The van der Waals surface area contributed by atoms with E-state index in [9.17, 15) is 9.59 Å². The Hall–Kier alpha value is -2.76. The minimum Gasteiger partial charge on any atom is -0.497 e. The molecule has 23 heavy (non-hydrogen) atoms. The van der Waals surface area contributed by atoms with Gasteiger partial charge in [-0.2, -0.15) is 0 Å². The first-order valence-corrected chi connectivity index (χ1v) is 7.28. The molecule has 0 bridgehead atoms. The summed E-state index contributed by atoms with van der Waals surface area (Å²) in [6.07, 6.45) is 1.45. The fourth-order valence-electron chi connectivity index (χ4n) is 2.11. The van der Waals surface area contributed by atoms with Crippen LogP contribution in [0, 0.1) is 0 Å². The lowest BCUT2D eigenvalue weighted by Crippen LogP contribution is -2.30. The average molecular weight is 317 g/mol. The van der Waals surface area contributed by atoms with Gasteiger partial charge in [0.2, 0.25) is 0 Å². The van der Waals surface area contributed by atoms with Crippen molar-refractivity contribution < 1.29 is 23.5 Å². The summed E-state index contributed by atoms with van der Waals surface area (Å²) in [4.78, 5) is 24.0. The molecule has 1 aromatic carbocycles. The smallest absolute Gasteiger partial charge is 0.308 e. The van der Waals surface area contributed by atoms with E-state index < -0.39 is 6.04 Å². The van der Waals surface area contributed by atoms with Gasteiger partial charge in [0.25, 0.3) is 5.91 Å². The minimum absolute atomic E-state index is 0.0343. The molecule has 0 fully saturated rings. The molecule has 1 heterocycles. The Labute approximate surface area is 134 Å². The number of amides is 1. The fraction of sp³-hybridized carbons (Fsp3) is 0.294. The van der Waals surface area contributed by atoms with E-state index in [-0.39, 0.29) is 24.1 Å². The van der Waals surface area contributed by atoms with Crippen LogP contribution in [-0.2, 0) is 9.53 Å². The van der Waals surface area contributed by atoms with Crippen LogP contribution in [0.2, 0.25) is 0 Å². The third-order valence-electron chi connectivity index (χ3n) is 3.24. The maximum absolute atomic E-state index is 12.2. The van der Waals surface area contributed by atoms with Crippen molar-refractivity contribution in [2.75, 3.05) is 13.7 Å². The number of methoxy groups -OCH3 is 1. The average Bonchev–Trinajstić information content (AvgIpc) is 3.09. The third kappa shape index (κ3) is 4.60. The SMILES string of the molecule is CCOC(=O)C[C@H](NC(=O)c1ccco1)c1ccc(OC)cc1. The standard InChI is InChI=1S/C17H19NO5/c1-3-22-16(19)11-14(12-6-8-13(21-2)9-7-12)18-17(20)15-5-4-10-23-15/h4-10,14H,3,11H2,1-2H3,(H,18,20)/t14-/m0/s1. The van der Waals surface area contributed by atoms with Crippen molar-refractivity contribution in [2.45, 2.75) is 19.4 Å². The largest absolute Gasteiger partial charge is 0.497 e. The van der Waals surface area contributed by atoms with Gasteiger partial charge in [-0.1, -0.05) is 12.1 Å². The Kier molecular flexibility index (Phi) is 5.80. The van der Waals surface area contributed by atoms with Crippen LogP contribution in [0.4, 0.5) is 0 Å². The molecule has 1 amide bonds. The van der Waals surface area contributed by atoms with Gasteiger partial charge in [0, 0.05) is 0 Å². The van der Waals surface area contributed by atoms with Gasteiger partial charge in [-0.05, 0) is 36.8 Å². The number of carbonyl (C=O) groups is 2. The van der Waals surface area contributed by atoms with Gasteiger partial charge in [0.1, 0.15) is 5.75 Å². The van der Waals surface area contributed by atoms with Crippen LogP contribution in [0.5, 0.6) is 5.75 Å². The molecule has 0 unspecified atom stereocenters. The molecular weight excluding hydrogens is 298 g/mol. The van der Waals surface area contributed by atoms with Gasteiger partial charge >= 0.3 is 5.97 Å². The van der Waals surface area contributed by atoms with Gasteiger partial charge in [-0.25, -0.2) is 0 Å². The van der Waals surface area contributed by atoms with Crippen molar-refractivity contribution in [3.8, 4) is 5.75 Å². The molecule has 0 aliphatic heterocycles. The third-order valence-corrected chi connectivity index (χ3v) is 3.24. The topological polar surface area (TPSA) is 77.8 Å². The molecule has 1 atom stereocenters. The van der Waals surface area contributed by atoms with Crippen molar-refractivity contribution in [3.63, 3.8) is 0 Å². The van der Waals surface area contributed by atoms with E-state index in [2.05, 4.69) is 5.32 Å². The molecule has 2 rings (SSSR count). The van der Waals surface area contributed by atoms with E-state index >= 15 is 0 Å². The van der Waals surface area contributed by atoms with E-state index in [1.807, 2.05) is 0 Å². The zero-order chi connectivity index (χ0) is 16.7. The number of hydrogen-bond acceptors (Lipinski definition) is 5. The molecule has 122 valence electrons. The van der Waals surface area contributed by atoms with E-state index in [4.69, 9.17) is 13.9 Å². The molecule has 1 N–H and O–H groups in total. The van der Waals surface area contributed by atoms with Crippen LogP contribution in [0.3, 0.4) is 0 Å². The lowest BCUT2D eigenvalue weighted by atomic mass is 10.0. The van der Waals surface area contributed by atoms with Gasteiger partial charge < -0.3 is 19.2 Å². The molecule has 6 nitrogen and oxygen atoms in total. The van der Waals surface area contributed by atoms with Gasteiger partial charge in [0.05, 0.1) is 32.4 Å². The second kappa shape index (κ2) is 8.03. The quantitative estimate of drug-likeness (QED) is 0.794. The van der Waals surface area contributed by atoms with Crippen LogP contribution in [0.25, 0.3) is 0 Å². The second-order valence-corrected chi connectivity index (χ2v) is 4.79. The first-order valence-electron chi connectivity index (χ1n) is 7.28. The monoisotopic (exact) mass is 317 g/mol. The van der Waals surface area contributed by atoms with Gasteiger partial charge in [-0.3, -0.25) is 9.59 Å². The Morgan fingerprint density at radius 3 is 2.52 bits per heavy atom. The summed E-state index contributed by atoms with van der Waals surface area (Å²) in [7, 11) is 1.57. The number of hydrogen-bond donors (Lipinski definition) is 1. The van der Waals surface area contributed by atoms with Crippen molar-refractivity contribution in [2.24, 2.45) is 0 Å². The molecule has 0 radical (unpaired) electrons. The molecule has 0 aliphatic rings. The summed E-state index contributed by atoms with van der Waals surface area (Å²) in [5.41, 5.74) is 0.777. The van der Waals surface area contributed by atoms with Crippen LogP contribution in [0.15, 0.2) is 47.1 Å². The number of ether oxygens (including phenoxy) is 2. The number of nitrogens with one attached hydrogen (secondary N) is 1. The maximum Gasteiger partial charge on any atom is 0.308 e. The number of furan rings is 1. The van der Waals surface area contributed by atoms with Gasteiger partial charge in [-0.15, -0.1) is 0 Å². The van der Waals surface area contributed by atoms with Crippen molar-refractivity contribution in [1.82, 2.24) is 5.32 Å². The molecule has 0 spiro atoms. The summed E-state index contributed by atoms with van der Waals surface area (Å²) in [6.45, 7) is 2.03. The first-order chi connectivity index (χ1) is 11.1. The highest BCUT2D eigenvalue weighted by Crippen LogP contribution is 2.21. The van der Waals surface area contributed by atoms with Crippen molar-refractivity contribution in [3.05, 3.63) is 54.0 Å². The number of benzene rings is 1. The summed E-state index contributed by atoms with van der Waals surface area (Å²) in [5, 5.41) is 2.79. The lowest BCUT2D eigenvalue weighted by Gasteiger charge is -2.18. The maximum atomic E-state index is 12.2. The van der Waals surface area contributed by atoms with Crippen LogP contribution >= 0.6 is 0 Å². The van der Waals surface area contributed by atoms with E-state index in [1.165, 1.54) is 6.26 Å². The summed E-state index contributed by atoms with van der Waals surface area (Å²) in [5.74, 6) is 0.113. The fourth-order valence-corrected chi connectivity index (χ4v) is 2.11. The normalized spacial score (nSPS) is 11.6. The molecule has 6 heteroatoms. The Bertz CT molecular complexity index is 634. The highest BCUT2D eigenvalue weighted by molar-refractivity contribution is 5.92. The molecule has 1 aromatic heterocycles. The predicted octanol–water partition coefficient (Wildman–Crippen LogP) is 2.71. The molecular formula is C17H19NO5. The predicted molar refractivity (Wildman–Crippen MR) is 83.2 cm³/mol. The Balaban J connectivity index is 2.16. The minimum atomic E-state index is -0.516. The summed E-state index contributed by atoms with van der Waals surface area (Å²) < 4.78 is 15.2. The van der Waals surface area contributed by atoms with Gasteiger partial charge in [0.15, 0.2) is 5.76 Å². The molecule has 0 aliphatic carbocycles. The van der Waals surface area contributed by atoms with Crippen LogP contribution in [-0.4, -0.2) is 25.6 Å². The summed E-state index contributed by atoms with van der Waals surface area (Å²) in [6, 6.07) is 9.81. The lowest BCUT2D eigenvalue weighted by molar-refractivity contribution is -0.143. The molecule has 0 saturated carbocycles. The van der Waals surface area contributed by atoms with E-state index in [0.29, 0.717) is 12.4 Å². The van der Waals surface area contributed by atoms with E-state index in [0.717, 1.165) is 5.56 Å². The zero-order valence-corrected chi connectivity index (χ0v) is 13.1. The number of esters is 1. The van der Waals surface area contributed by atoms with Crippen molar-refractivity contribution >= 4 is 11.9 Å². The van der Waals surface area contributed by atoms with E-state index in [1.54, 1.807) is 50.4 Å². The first kappa shape index (κ1) is 16.6. The molecule has 0 saturated heterocycles. The molecule has 2 aromatic rings. The number of carbonyl (C=O) groups excluding carboxylic acids is 2. The highest BCUT2D eigenvalue weighted by atomic mass is 16.5. The van der Waals surface area contributed by atoms with Crippen molar-refractivity contribution in [1.29, 1.82) is 0 Å².